The molecule has 0 heterocycles. The van der Waals surface area contributed by atoms with E-state index in [9.17, 15) is 14.4 Å². The van der Waals surface area contributed by atoms with Crippen molar-refractivity contribution in [1.82, 2.24) is 0 Å². The summed E-state index contributed by atoms with van der Waals surface area (Å²) in [5.74, 6) is -1.36. The van der Waals surface area contributed by atoms with Crippen LogP contribution < -0.4 is 15.4 Å². The second-order valence-electron chi connectivity index (χ2n) is 6.45. The molecule has 0 aromatic heterocycles. The minimum atomic E-state index is -1.07. The first-order valence-corrected chi connectivity index (χ1v) is 7.62. The molecular formula is C17H24N2O6. The van der Waals surface area contributed by atoms with Gasteiger partial charge in [0.05, 0.1) is 20.6 Å². The molecule has 1 aromatic carbocycles. The quantitative estimate of drug-likeness (QED) is 0.757. The first-order valence-electron chi connectivity index (χ1n) is 7.62. The van der Waals surface area contributed by atoms with E-state index in [1.54, 1.807) is 6.07 Å². The fourth-order valence-corrected chi connectivity index (χ4v) is 2.38. The second-order valence-corrected chi connectivity index (χ2v) is 6.45. The number of benzene rings is 1. The topological polar surface area (TPSA) is 119 Å². The van der Waals surface area contributed by atoms with E-state index >= 15 is 0 Å². The summed E-state index contributed by atoms with van der Waals surface area (Å²) in [5.41, 5.74) is 6.07. The molecule has 138 valence electrons. The minimum Gasteiger partial charge on any atom is -0.496 e. The van der Waals surface area contributed by atoms with Gasteiger partial charge in [-0.2, -0.15) is 0 Å². The zero-order chi connectivity index (χ0) is 19.4. The van der Waals surface area contributed by atoms with Gasteiger partial charge in [-0.05, 0) is 17.5 Å². The molecule has 1 aromatic rings. The summed E-state index contributed by atoms with van der Waals surface area (Å²) in [4.78, 5) is 35.9. The molecule has 0 spiro atoms. The number of primary amides is 1. The Morgan fingerprint density at radius 2 is 1.80 bits per heavy atom. The van der Waals surface area contributed by atoms with Crippen LogP contribution >= 0.6 is 0 Å². The predicted octanol–water partition coefficient (Wildman–Crippen LogP) is 2.14. The number of carbonyl (C=O) groups is 3. The van der Waals surface area contributed by atoms with Crippen LogP contribution in [-0.4, -0.2) is 43.8 Å². The molecule has 0 unspecified atom stereocenters. The Bertz CT molecular complexity index is 678. The van der Waals surface area contributed by atoms with Crippen molar-refractivity contribution in [1.29, 1.82) is 0 Å². The van der Waals surface area contributed by atoms with Gasteiger partial charge in [-0.15, -0.1) is 0 Å². The summed E-state index contributed by atoms with van der Waals surface area (Å²) in [6.45, 7) is 5.63. The van der Waals surface area contributed by atoms with E-state index in [0.29, 0.717) is 17.0 Å². The van der Waals surface area contributed by atoms with Gasteiger partial charge in [0.25, 0.3) is 0 Å². The van der Waals surface area contributed by atoms with Crippen molar-refractivity contribution in [2.75, 3.05) is 25.7 Å². The first-order chi connectivity index (χ1) is 11.5. The lowest BCUT2D eigenvalue weighted by Crippen LogP contribution is -2.37. The van der Waals surface area contributed by atoms with E-state index in [1.807, 2.05) is 20.8 Å². The lowest BCUT2D eigenvalue weighted by Gasteiger charge is -2.27. The molecule has 0 aliphatic carbocycles. The third-order valence-electron chi connectivity index (χ3n) is 3.62. The SMILES string of the molecule is COC(=O)c1cc(N(CCC(=O)O)C(N)=O)cc(C(C)(C)C)c1OC. The number of rotatable bonds is 6. The average Bonchev–Trinajstić information content (AvgIpc) is 2.51. The molecule has 25 heavy (non-hydrogen) atoms. The molecule has 0 radical (unpaired) electrons. The molecule has 3 N–H and O–H groups in total. The molecule has 8 heteroatoms. The molecule has 0 saturated heterocycles. The molecule has 8 nitrogen and oxygen atoms in total. The second kappa shape index (κ2) is 7.87. The van der Waals surface area contributed by atoms with Gasteiger partial charge in [-0.3, -0.25) is 9.69 Å². The number of hydrogen-bond donors (Lipinski definition) is 2. The fourth-order valence-electron chi connectivity index (χ4n) is 2.38. The Kier molecular flexibility index (Phi) is 6.38. The average molecular weight is 352 g/mol. The number of nitrogens with two attached hydrogens (primary N) is 1. The maximum Gasteiger partial charge on any atom is 0.341 e. The molecule has 0 atom stereocenters. The Hall–Kier alpha value is -2.77. The van der Waals surface area contributed by atoms with Crippen molar-refractivity contribution in [2.45, 2.75) is 32.6 Å². The Morgan fingerprint density at radius 3 is 2.20 bits per heavy atom. The predicted molar refractivity (Wildman–Crippen MR) is 92.2 cm³/mol. The number of carbonyl (C=O) groups excluding carboxylic acids is 2. The van der Waals surface area contributed by atoms with Gasteiger partial charge < -0.3 is 20.3 Å². The molecule has 0 fully saturated rings. The number of hydrogen-bond acceptors (Lipinski definition) is 5. The summed E-state index contributed by atoms with van der Waals surface area (Å²) in [5, 5.41) is 8.87. The van der Waals surface area contributed by atoms with E-state index in [-0.39, 0.29) is 18.5 Å². The van der Waals surface area contributed by atoms with Crippen LogP contribution in [0.2, 0.25) is 0 Å². The first kappa shape index (κ1) is 20.3. The fraction of sp³-hybridized carbons (Fsp3) is 0.471. The highest BCUT2D eigenvalue weighted by Crippen LogP contribution is 2.38. The highest BCUT2D eigenvalue weighted by molar-refractivity contribution is 5.97. The van der Waals surface area contributed by atoms with E-state index in [4.69, 9.17) is 20.3 Å². The number of anilines is 1. The minimum absolute atomic E-state index is 0.124. The zero-order valence-electron chi connectivity index (χ0n) is 15.1. The number of carboxylic acids is 1. The van der Waals surface area contributed by atoms with E-state index < -0.39 is 23.4 Å². The van der Waals surface area contributed by atoms with Gasteiger partial charge in [0, 0.05) is 17.8 Å². The molecule has 1 rings (SSSR count). The Labute approximate surface area is 146 Å². The van der Waals surface area contributed by atoms with Crippen LogP contribution in [-0.2, 0) is 14.9 Å². The van der Waals surface area contributed by atoms with Crippen LogP contribution in [0.4, 0.5) is 10.5 Å². The number of aliphatic carboxylic acids is 1. The third-order valence-corrected chi connectivity index (χ3v) is 3.62. The zero-order valence-corrected chi connectivity index (χ0v) is 15.1. The van der Waals surface area contributed by atoms with Gasteiger partial charge in [0.2, 0.25) is 0 Å². The van der Waals surface area contributed by atoms with Gasteiger partial charge in [-0.1, -0.05) is 20.8 Å². The number of ether oxygens (including phenoxy) is 2. The lowest BCUT2D eigenvalue weighted by molar-refractivity contribution is -0.136. The van der Waals surface area contributed by atoms with Crippen LogP contribution in [0.5, 0.6) is 5.75 Å². The van der Waals surface area contributed by atoms with Crippen LogP contribution in [0.3, 0.4) is 0 Å². The summed E-state index contributed by atoms with van der Waals surface area (Å²) in [7, 11) is 2.68. The van der Waals surface area contributed by atoms with Crippen LogP contribution in [0.25, 0.3) is 0 Å². The van der Waals surface area contributed by atoms with Crippen molar-refractivity contribution in [3.05, 3.63) is 23.3 Å². The maximum atomic E-state index is 12.2. The Balaban J connectivity index is 3.61. The highest BCUT2D eigenvalue weighted by atomic mass is 16.5. The number of esters is 1. The molecular weight excluding hydrogens is 328 g/mol. The van der Waals surface area contributed by atoms with Crippen LogP contribution in [0.15, 0.2) is 12.1 Å². The molecule has 0 aliphatic rings. The summed E-state index contributed by atoms with van der Waals surface area (Å²) in [6.07, 6.45) is -0.284. The normalized spacial score (nSPS) is 10.9. The molecule has 2 amide bonds. The van der Waals surface area contributed by atoms with Crippen molar-refractivity contribution >= 4 is 23.7 Å². The van der Waals surface area contributed by atoms with Crippen molar-refractivity contribution in [3.8, 4) is 5.75 Å². The molecule has 0 aliphatic heterocycles. The lowest BCUT2D eigenvalue weighted by atomic mass is 9.84. The standard InChI is InChI=1S/C17H24N2O6/c1-17(2,3)12-9-10(19(16(18)23)7-6-13(20)21)8-11(14(12)24-4)15(22)25-5/h8-9H,6-7H2,1-5H3,(H2,18,23)(H,20,21). The van der Waals surface area contributed by atoms with Crippen LogP contribution in [0.1, 0.15) is 43.1 Å². The highest BCUT2D eigenvalue weighted by Gasteiger charge is 2.28. The van der Waals surface area contributed by atoms with Crippen molar-refractivity contribution in [3.63, 3.8) is 0 Å². The maximum absolute atomic E-state index is 12.2. The van der Waals surface area contributed by atoms with Gasteiger partial charge >= 0.3 is 18.0 Å². The van der Waals surface area contributed by atoms with Gasteiger partial charge in [-0.25, -0.2) is 9.59 Å². The van der Waals surface area contributed by atoms with Crippen LogP contribution in [0, 0.1) is 0 Å². The summed E-state index contributed by atoms with van der Waals surface area (Å²) < 4.78 is 10.2. The van der Waals surface area contributed by atoms with Crippen molar-refractivity contribution < 1.29 is 29.0 Å². The van der Waals surface area contributed by atoms with Crippen molar-refractivity contribution in [2.24, 2.45) is 5.73 Å². The van der Waals surface area contributed by atoms with E-state index in [1.165, 1.54) is 20.3 Å². The Morgan fingerprint density at radius 1 is 1.20 bits per heavy atom. The summed E-state index contributed by atoms with van der Waals surface area (Å²) in [6, 6.07) is 2.26. The van der Waals surface area contributed by atoms with Gasteiger partial charge in [0.1, 0.15) is 11.3 Å². The number of urea groups is 1. The summed E-state index contributed by atoms with van der Waals surface area (Å²) >= 11 is 0. The van der Waals surface area contributed by atoms with E-state index in [0.717, 1.165) is 4.90 Å². The molecule has 0 saturated carbocycles. The van der Waals surface area contributed by atoms with E-state index in [2.05, 4.69) is 0 Å². The molecule has 0 bridgehead atoms. The smallest absolute Gasteiger partial charge is 0.341 e. The largest absolute Gasteiger partial charge is 0.496 e. The number of nitrogens with zero attached hydrogens (tertiary/aromatic N) is 1. The number of methoxy groups -OCH3 is 2. The van der Waals surface area contributed by atoms with Gasteiger partial charge in [0.15, 0.2) is 0 Å². The number of amides is 2. The number of carboxylic acid groups (broad SMARTS) is 1. The third kappa shape index (κ3) is 4.85. The monoisotopic (exact) mass is 352 g/mol.